The van der Waals surface area contributed by atoms with Gasteiger partial charge < -0.3 is 4.74 Å². The first-order valence-corrected chi connectivity index (χ1v) is 15.4. The van der Waals surface area contributed by atoms with Gasteiger partial charge in [0.05, 0.1) is 25.1 Å². The molecule has 5 aromatic rings. The number of Topliss-reactive ketones (excluding diaryl/α,β-unsaturated/α-hetero) is 1. The summed E-state index contributed by atoms with van der Waals surface area (Å²) in [6, 6.07) is 50.4. The first-order chi connectivity index (χ1) is 21.7. The van der Waals surface area contributed by atoms with Gasteiger partial charge in [-0.25, -0.2) is 10.0 Å². The molecule has 0 saturated carbocycles. The topological polar surface area (TPSA) is 32.8 Å². The smallest absolute Gasteiger partial charge is 0.172 e. The van der Waals surface area contributed by atoms with Crippen LogP contribution in [0.2, 0.25) is 0 Å². The fourth-order valence-electron chi connectivity index (χ4n) is 8.06. The maximum atomic E-state index is 16.0. The van der Waals surface area contributed by atoms with Crippen molar-refractivity contribution in [2.24, 2.45) is 0 Å². The van der Waals surface area contributed by atoms with Crippen molar-refractivity contribution in [3.05, 3.63) is 173 Å². The fourth-order valence-corrected chi connectivity index (χ4v) is 8.06. The molecule has 4 heteroatoms. The lowest BCUT2D eigenvalue weighted by Gasteiger charge is -2.54. The van der Waals surface area contributed by atoms with E-state index in [4.69, 9.17) is 4.74 Å². The van der Waals surface area contributed by atoms with E-state index in [0.29, 0.717) is 0 Å². The van der Waals surface area contributed by atoms with E-state index in [1.807, 2.05) is 24.3 Å². The molecule has 2 fully saturated rings. The average molecular weight is 575 g/mol. The maximum absolute atomic E-state index is 16.0. The van der Waals surface area contributed by atoms with Gasteiger partial charge in [-0.2, -0.15) is 0 Å². The Morgan fingerprint density at radius 3 is 1.84 bits per heavy atom. The van der Waals surface area contributed by atoms with E-state index in [-0.39, 0.29) is 17.9 Å². The van der Waals surface area contributed by atoms with Crippen LogP contribution in [0.3, 0.4) is 0 Å². The molecule has 8 rings (SSSR count). The number of ketones is 1. The summed E-state index contributed by atoms with van der Waals surface area (Å²) < 4.78 is 5.52. The van der Waals surface area contributed by atoms with Crippen molar-refractivity contribution in [3.63, 3.8) is 0 Å². The molecule has 0 N–H and O–H groups in total. The molecule has 44 heavy (non-hydrogen) atoms. The van der Waals surface area contributed by atoms with E-state index in [2.05, 4.69) is 131 Å². The normalized spacial score (nSPS) is 24.8. The van der Waals surface area contributed by atoms with Crippen LogP contribution < -0.4 is 4.74 Å². The van der Waals surface area contributed by atoms with Gasteiger partial charge in [0, 0.05) is 6.54 Å². The van der Waals surface area contributed by atoms with Crippen LogP contribution in [0.25, 0.3) is 11.1 Å². The summed E-state index contributed by atoms with van der Waals surface area (Å²) in [5.41, 5.74) is 6.78. The number of hydrogen-bond donors (Lipinski definition) is 0. The van der Waals surface area contributed by atoms with Crippen LogP contribution >= 0.6 is 0 Å². The van der Waals surface area contributed by atoms with Gasteiger partial charge in [-0.3, -0.25) is 4.79 Å². The predicted molar refractivity (Wildman–Crippen MR) is 175 cm³/mol. The van der Waals surface area contributed by atoms with Gasteiger partial charge in [0.2, 0.25) is 0 Å². The summed E-state index contributed by atoms with van der Waals surface area (Å²) in [4.78, 5) is 16.0. The minimum Gasteiger partial charge on any atom is -0.497 e. The minimum atomic E-state index is -1.00. The lowest BCUT2D eigenvalue weighted by Crippen LogP contribution is -2.64. The molecule has 3 heterocycles. The van der Waals surface area contributed by atoms with Crippen LogP contribution in [0.1, 0.15) is 46.2 Å². The molecule has 0 bridgehead atoms. The van der Waals surface area contributed by atoms with Gasteiger partial charge in [-0.1, -0.05) is 133 Å². The predicted octanol–water partition coefficient (Wildman–Crippen LogP) is 7.91. The Morgan fingerprint density at radius 2 is 1.23 bits per heavy atom. The molecule has 0 amide bonds. The van der Waals surface area contributed by atoms with Crippen molar-refractivity contribution in [2.75, 3.05) is 13.7 Å². The highest BCUT2D eigenvalue weighted by molar-refractivity contribution is 6.15. The van der Waals surface area contributed by atoms with Gasteiger partial charge in [0.1, 0.15) is 11.3 Å². The first-order valence-electron chi connectivity index (χ1n) is 15.4. The molecule has 0 unspecified atom stereocenters. The van der Waals surface area contributed by atoms with Crippen LogP contribution in [0.15, 0.2) is 146 Å². The molecule has 4 nitrogen and oxygen atoms in total. The zero-order valence-electron chi connectivity index (χ0n) is 24.7. The van der Waals surface area contributed by atoms with Gasteiger partial charge >= 0.3 is 0 Å². The molecule has 0 radical (unpaired) electrons. The number of benzene rings is 5. The molecule has 0 aromatic heterocycles. The highest BCUT2D eigenvalue weighted by Crippen LogP contribution is 2.64. The first kappa shape index (κ1) is 26.8. The van der Waals surface area contributed by atoms with E-state index in [1.54, 1.807) is 7.11 Å². The zero-order valence-corrected chi connectivity index (χ0v) is 24.7. The van der Waals surface area contributed by atoms with Crippen LogP contribution in [-0.2, 0) is 10.3 Å². The summed E-state index contributed by atoms with van der Waals surface area (Å²) in [7, 11) is 1.69. The van der Waals surface area contributed by atoms with Crippen molar-refractivity contribution in [1.29, 1.82) is 0 Å². The largest absolute Gasteiger partial charge is 0.497 e. The van der Waals surface area contributed by atoms with Crippen LogP contribution in [0, 0.1) is 0 Å². The lowest BCUT2D eigenvalue weighted by atomic mass is 9.67. The fraction of sp³-hybridized carbons (Fsp3) is 0.175. The van der Waals surface area contributed by atoms with Gasteiger partial charge in [0.15, 0.2) is 5.78 Å². The van der Waals surface area contributed by atoms with Crippen molar-refractivity contribution in [3.8, 4) is 5.75 Å². The second-order valence-electron chi connectivity index (χ2n) is 11.9. The maximum Gasteiger partial charge on any atom is 0.172 e. The number of carbonyl (C=O) groups is 1. The van der Waals surface area contributed by atoms with Gasteiger partial charge in [-0.05, 0) is 57.5 Å². The zero-order chi connectivity index (χ0) is 29.7. The Hall–Kier alpha value is -4.77. The number of rotatable bonds is 6. The van der Waals surface area contributed by atoms with Crippen LogP contribution in [-0.4, -0.2) is 35.5 Å². The van der Waals surface area contributed by atoms with Crippen molar-refractivity contribution in [1.82, 2.24) is 10.0 Å². The number of nitrogens with zero attached hydrogens (tertiary/aromatic N) is 2. The number of hydrazine groups is 1. The summed E-state index contributed by atoms with van der Waals surface area (Å²) in [5.74, 6) is 0.628. The average Bonchev–Trinajstić information content (AvgIpc) is 3.67. The molecule has 3 aliphatic rings. The third-order valence-electron chi connectivity index (χ3n) is 9.74. The number of carbonyl (C=O) groups excluding carboxylic acids is 1. The Morgan fingerprint density at radius 1 is 0.659 bits per heavy atom. The van der Waals surface area contributed by atoms with Gasteiger partial charge in [-0.15, -0.1) is 0 Å². The molecule has 2 saturated heterocycles. The van der Waals surface area contributed by atoms with Crippen molar-refractivity contribution >= 4 is 16.9 Å². The minimum absolute atomic E-state index is 0.0502. The molecule has 0 aliphatic carbocycles. The molecular formula is C40H34N2O2. The second kappa shape index (κ2) is 10.7. The summed E-state index contributed by atoms with van der Waals surface area (Å²) >= 11 is 0. The number of methoxy groups -OCH3 is 1. The molecule has 3 aliphatic heterocycles. The summed E-state index contributed by atoms with van der Waals surface area (Å²) in [5, 5.41) is 5.00. The van der Waals surface area contributed by atoms with Crippen LogP contribution in [0.5, 0.6) is 5.75 Å². The summed E-state index contributed by atoms with van der Waals surface area (Å²) in [6.45, 7) is 0.852. The third kappa shape index (κ3) is 3.88. The highest BCUT2D eigenvalue weighted by Gasteiger charge is 2.68. The van der Waals surface area contributed by atoms with Crippen molar-refractivity contribution in [2.45, 2.75) is 30.0 Å². The van der Waals surface area contributed by atoms with Gasteiger partial charge in [0.25, 0.3) is 0 Å². The van der Waals surface area contributed by atoms with E-state index in [0.717, 1.165) is 46.5 Å². The number of hydrogen-bond acceptors (Lipinski definition) is 4. The Balaban J connectivity index is 1.46. The Bertz CT molecular complexity index is 1820. The van der Waals surface area contributed by atoms with E-state index >= 15 is 4.79 Å². The molecule has 4 atom stereocenters. The molecule has 216 valence electrons. The third-order valence-corrected chi connectivity index (χ3v) is 9.74. The molecular weight excluding hydrogens is 540 g/mol. The molecule has 0 spiro atoms. The standard InChI is InChI=1S/C40H34N2O2/c1-44-33-24-22-31(23-25-33)38-36(29-16-8-3-9-17-29)39(43)40(32-20-12-5-13-21-32)37(30-18-10-4-11-19-30)35(28-14-6-2-7-15-28)34-26-27-41(38)42(34)40/h2-25,34,36,38H,26-27H2,1H3/t34-,36-,38-,40-/m0/s1. The lowest BCUT2D eigenvalue weighted by molar-refractivity contribution is -0.165. The monoisotopic (exact) mass is 574 g/mol. The summed E-state index contributed by atoms with van der Waals surface area (Å²) in [6.07, 6.45) is 0.927. The second-order valence-corrected chi connectivity index (χ2v) is 11.9. The van der Waals surface area contributed by atoms with E-state index in [9.17, 15) is 0 Å². The Labute approximate surface area is 258 Å². The molecule has 5 aromatic carbocycles. The van der Waals surface area contributed by atoms with Crippen LogP contribution in [0.4, 0.5) is 0 Å². The Kier molecular flexibility index (Phi) is 6.55. The quantitative estimate of drug-likeness (QED) is 0.206. The van der Waals surface area contributed by atoms with Crippen molar-refractivity contribution < 1.29 is 9.53 Å². The van der Waals surface area contributed by atoms with E-state index in [1.165, 1.54) is 11.1 Å². The highest BCUT2D eigenvalue weighted by atomic mass is 16.5. The van der Waals surface area contributed by atoms with E-state index < -0.39 is 11.5 Å². The number of ether oxygens (including phenoxy) is 1. The SMILES string of the molecule is COc1ccc([C@H]2[C@H](c3ccccc3)C(=O)[C@]3(c4ccccc4)C(c4ccccc4)=C(c4ccccc4)[C@@H]4CCN2N43)cc1.